The van der Waals surface area contributed by atoms with Gasteiger partial charge in [-0.2, -0.15) is 0 Å². The summed E-state index contributed by atoms with van der Waals surface area (Å²) in [6, 6.07) is 10.4. The summed E-state index contributed by atoms with van der Waals surface area (Å²) in [6.07, 6.45) is -0.976. The maximum absolute atomic E-state index is 13.1. The van der Waals surface area contributed by atoms with Gasteiger partial charge in [0, 0.05) is 11.1 Å². The molecule has 5 nitrogen and oxygen atoms in total. The number of hydrogen-bond donors (Lipinski definition) is 1. The van der Waals surface area contributed by atoms with Crippen molar-refractivity contribution in [1.82, 2.24) is 5.32 Å². The number of nitrogens with one attached hydrogen (secondary N) is 1. The maximum atomic E-state index is 13.1. The van der Waals surface area contributed by atoms with Gasteiger partial charge in [-0.25, -0.2) is 4.39 Å². The number of carbonyl (C=O) groups excluding carboxylic acids is 3. The first-order chi connectivity index (χ1) is 12.3. The predicted octanol–water partition coefficient (Wildman–Crippen LogP) is 2.99. The van der Waals surface area contributed by atoms with Crippen molar-refractivity contribution in [2.24, 2.45) is 0 Å². The molecule has 2 aromatic carbocycles. The van der Waals surface area contributed by atoms with Crippen LogP contribution in [0, 0.1) is 19.7 Å². The van der Waals surface area contributed by atoms with Gasteiger partial charge >= 0.3 is 5.97 Å². The molecule has 0 aromatic heterocycles. The molecule has 1 amide bonds. The molecule has 0 saturated carbocycles. The molecule has 0 bridgehead atoms. The highest BCUT2D eigenvalue weighted by Crippen LogP contribution is 2.13. The molecular weight excluding hydrogens is 337 g/mol. The van der Waals surface area contributed by atoms with E-state index >= 15 is 0 Å². The second kappa shape index (κ2) is 8.38. The highest BCUT2D eigenvalue weighted by molar-refractivity contribution is 6.01. The highest BCUT2D eigenvalue weighted by atomic mass is 19.1. The van der Waals surface area contributed by atoms with Crippen LogP contribution in [0.3, 0.4) is 0 Å². The molecule has 0 heterocycles. The summed E-state index contributed by atoms with van der Waals surface area (Å²) in [5, 5.41) is 2.34. The van der Waals surface area contributed by atoms with E-state index in [0.29, 0.717) is 5.56 Å². The fourth-order valence-electron chi connectivity index (χ4n) is 2.31. The van der Waals surface area contributed by atoms with E-state index in [2.05, 4.69) is 5.32 Å². The molecule has 136 valence electrons. The van der Waals surface area contributed by atoms with Gasteiger partial charge in [0.15, 0.2) is 6.10 Å². The number of halogens is 1. The third kappa shape index (κ3) is 4.99. The number of benzene rings is 2. The maximum Gasteiger partial charge on any atom is 0.326 e. The number of hydrogen-bond acceptors (Lipinski definition) is 4. The van der Waals surface area contributed by atoms with Gasteiger partial charge in [0.25, 0.3) is 5.91 Å². The Morgan fingerprint density at radius 3 is 2.42 bits per heavy atom. The fourth-order valence-corrected chi connectivity index (χ4v) is 2.31. The third-order valence-electron chi connectivity index (χ3n) is 3.95. The number of carbonyl (C=O) groups is 3. The van der Waals surface area contributed by atoms with Crippen molar-refractivity contribution in [1.29, 1.82) is 0 Å². The van der Waals surface area contributed by atoms with Gasteiger partial charge in [-0.15, -0.1) is 0 Å². The molecule has 1 N–H and O–H groups in total. The smallest absolute Gasteiger partial charge is 0.326 e. The number of esters is 1. The van der Waals surface area contributed by atoms with Crippen LogP contribution in [0.15, 0.2) is 42.5 Å². The lowest BCUT2D eigenvalue weighted by Crippen LogP contribution is -2.34. The van der Waals surface area contributed by atoms with Crippen molar-refractivity contribution in [2.45, 2.75) is 26.9 Å². The quantitative estimate of drug-likeness (QED) is 0.637. The van der Waals surface area contributed by atoms with Crippen molar-refractivity contribution in [3.63, 3.8) is 0 Å². The van der Waals surface area contributed by atoms with Crippen molar-refractivity contribution in [2.75, 3.05) is 6.54 Å². The lowest BCUT2D eigenvalue weighted by atomic mass is 10.0. The van der Waals surface area contributed by atoms with Gasteiger partial charge in [-0.05, 0) is 56.2 Å². The molecule has 0 fully saturated rings. The lowest BCUT2D eigenvalue weighted by Gasteiger charge is -2.13. The Hall–Kier alpha value is -3.02. The summed E-state index contributed by atoms with van der Waals surface area (Å²) in [6.45, 7) is 4.89. The molecule has 2 aromatic rings. The zero-order valence-electron chi connectivity index (χ0n) is 14.8. The summed E-state index contributed by atoms with van der Waals surface area (Å²) in [4.78, 5) is 36.0. The van der Waals surface area contributed by atoms with Crippen LogP contribution < -0.4 is 5.32 Å². The van der Waals surface area contributed by atoms with Crippen molar-refractivity contribution >= 4 is 17.7 Å². The normalized spacial score (nSPS) is 11.5. The topological polar surface area (TPSA) is 72.5 Å². The minimum Gasteiger partial charge on any atom is -0.453 e. The van der Waals surface area contributed by atoms with Crippen LogP contribution in [0.4, 0.5) is 4.39 Å². The second-order valence-electron chi connectivity index (χ2n) is 5.99. The Labute approximate surface area is 151 Å². The Morgan fingerprint density at radius 2 is 1.77 bits per heavy atom. The molecule has 0 saturated heterocycles. The molecule has 0 spiro atoms. The van der Waals surface area contributed by atoms with Gasteiger partial charge in [0.05, 0.1) is 0 Å². The first-order valence-electron chi connectivity index (χ1n) is 8.12. The van der Waals surface area contributed by atoms with Crippen LogP contribution in [0.2, 0.25) is 0 Å². The van der Waals surface area contributed by atoms with Crippen LogP contribution in [0.1, 0.15) is 38.8 Å². The van der Waals surface area contributed by atoms with E-state index in [-0.39, 0.29) is 11.3 Å². The summed E-state index contributed by atoms with van der Waals surface area (Å²) in [5.41, 5.74) is 2.58. The Balaban J connectivity index is 1.89. The Morgan fingerprint density at radius 1 is 1.04 bits per heavy atom. The predicted molar refractivity (Wildman–Crippen MR) is 94.5 cm³/mol. The molecule has 0 aliphatic heterocycles. The van der Waals surface area contributed by atoms with Crippen LogP contribution in [-0.2, 0) is 9.53 Å². The van der Waals surface area contributed by atoms with Gasteiger partial charge < -0.3 is 10.1 Å². The summed E-state index contributed by atoms with van der Waals surface area (Å²) >= 11 is 0. The number of aryl methyl sites for hydroxylation is 2. The van der Waals surface area contributed by atoms with E-state index in [1.165, 1.54) is 25.1 Å². The molecule has 0 unspecified atom stereocenters. The SMILES string of the molecule is Cc1ccc(C(=O)[C@H](C)OC(=O)CNC(=O)c2cccc(F)c2)cc1C. The second-order valence-corrected chi connectivity index (χ2v) is 5.99. The van der Waals surface area contributed by atoms with E-state index in [1.807, 2.05) is 19.9 Å². The van der Waals surface area contributed by atoms with Crippen molar-refractivity contribution in [3.8, 4) is 0 Å². The van der Waals surface area contributed by atoms with Crippen LogP contribution in [-0.4, -0.2) is 30.3 Å². The molecule has 0 aliphatic rings. The summed E-state index contributed by atoms with van der Waals surface area (Å²) in [7, 11) is 0. The summed E-state index contributed by atoms with van der Waals surface area (Å²) in [5.74, 6) is -2.22. The molecule has 0 radical (unpaired) electrons. The first-order valence-corrected chi connectivity index (χ1v) is 8.12. The number of ether oxygens (including phenoxy) is 1. The van der Waals surface area contributed by atoms with Crippen molar-refractivity contribution in [3.05, 3.63) is 70.5 Å². The lowest BCUT2D eigenvalue weighted by molar-refractivity contribution is -0.145. The number of rotatable bonds is 6. The van der Waals surface area contributed by atoms with E-state index in [0.717, 1.165) is 17.2 Å². The van der Waals surface area contributed by atoms with Gasteiger partial charge in [-0.1, -0.05) is 18.2 Å². The minimum absolute atomic E-state index is 0.0945. The molecular formula is C20H20FNO4. The van der Waals surface area contributed by atoms with Gasteiger partial charge in [0.2, 0.25) is 5.78 Å². The van der Waals surface area contributed by atoms with E-state index in [1.54, 1.807) is 12.1 Å². The van der Waals surface area contributed by atoms with Gasteiger partial charge in [-0.3, -0.25) is 14.4 Å². The molecule has 2 rings (SSSR count). The minimum atomic E-state index is -0.976. The Kier molecular flexibility index (Phi) is 6.22. The standard InChI is InChI=1S/C20H20FNO4/c1-12-7-8-15(9-13(12)2)19(24)14(3)26-18(23)11-22-20(25)16-5-4-6-17(21)10-16/h4-10,14H,11H2,1-3H3,(H,22,25)/t14-/m0/s1. The molecule has 6 heteroatoms. The monoisotopic (exact) mass is 357 g/mol. The zero-order chi connectivity index (χ0) is 19.3. The first kappa shape index (κ1) is 19.3. The fraction of sp³-hybridized carbons (Fsp3) is 0.250. The number of ketones is 1. The van der Waals surface area contributed by atoms with Crippen molar-refractivity contribution < 1.29 is 23.5 Å². The average molecular weight is 357 g/mol. The van der Waals surface area contributed by atoms with Crippen LogP contribution in [0.5, 0.6) is 0 Å². The molecule has 26 heavy (non-hydrogen) atoms. The van der Waals surface area contributed by atoms with E-state index in [4.69, 9.17) is 4.74 Å². The third-order valence-corrected chi connectivity index (χ3v) is 3.95. The van der Waals surface area contributed by atoms with E-state index in [9.17, 15) is 18.8 Å². The zero-order valence-corrected chi connectivity index (χ0v) is 14.8. The number of amides is 1. The Bertz CT molecular complexity index is 847. The number of Topliss-reactive ketones (excluding diaryl/α,β-unsaturated/α-hetero) is 1. The largest absolute Gasteiger partial charge is 0.453 e. The summed E-state index contributed by atoms with van der Waals surface area (Å²) < 4.78 is 18.2. The highest BCUT2D eigenvalue weighted by Gasteiger charge is 2.20. The van der Waals surface area contributed by atoms with Crippen LogP contribution >= 0.6 is 0 Å². The molecule has 0 aliphatic carbocycles. The van der Waals surface area contributed by atoms with Crippen LogP contribution in [0.25, 0.3) is 0 Å². The van der Waals surface area contributed by atoms with Gasteiger partial charge in [0.1, 0.15) is 12.4 Å². The average Bonchev–Trinajstić information content (AvgIpc) is 2.61. The van der Waals surface area contributed by atoms with E-state index < -0.39 is 30.3 Å². The molecule has 1 atom stereocenters.